The summed E-state index contributed by atoms with van der Waals surface area (Å²) in [5.41, 5.74) is 6.42. The molecule has 0 saturated heterocycles. The highest BCUT2D eigenvalue weighted by molar-refractivity contribution is 6.32. The molecule has 8 nitrogen and oxygen atoms in total. The van der Waals surface area contributed by atoms with Crippen molar-refractivity contribution in [1.82, 2.24) is 19.7 Å². The third-order valence-electron chi connectivity index (χ3n) is 5.25. The number of primary amides is 1. The van der Waals surface area contributed by atoms with Gasteiger partial charge in [-0.25, -0.2) is 4.98 Å². The van der Waals surface area contributed by atoms with Gasteiger partial charge in [-0.1, -0.05) is 11.6 Å². The molecule has 2 bridgehead atoms. The number of nitrogens with zero attached hydrogens (tertiary/aromatic N) is 4. The highest BCUT2D eigenvalue weighted by atomic mass is 35.5. The molecule has 0 radical (unpaired) electrons. The molecule has 2 aliphatic carbocycles. The number of aryl methyl sites for hydroxylation is 1. The van der Waals surface area contributed by atoms with Crippen molar-refractivity contribution in [2.45, 2.75) is 25.3 Å². The zero-order valence-electron chi connectivity index (χ0n) is 13.8. The average molecular weight is 362 g/mol. The predicted octanol–water partition coefficient (Wildman–Crippen LogP) is 1.92. The van der Waals surface area contributed by atoms with Crippen LogP contribution in [0.1, 0.15) is 19.3 Å². The van der Waals surface area contributed by atoms with Crippen LogP contribution >= 0.6 is 11.6 Å². The van der Waals surface area contributed by atoms with Crippen LogP contribution in [0.2, 0.25) is 5.02 Å². The van der Waals surface area contributed by atoms with Crippen molar-refractivity contribution in [3.8, 4) is 0 Å². The van der Waals surface area contributed by atoms with Gasteiger partial charge in [0.25, 0.3) is 0 Å². The quantitative estimate of drug-likeness (QED) is 0.750. The van der Waals surface area contributed by atoms with Crippen LogP contribution < -0.4 is 16.4 Å². The molecule has 2 aromatic heterocycles. The van der Waals surface area contributed by atoms with Crippen molar-refractivity contribution in [3.63, 3.8) is 0 Å². The fraction of sp³-hybridized carbons (Fsp3) is 0.500. The fourth-order valence-electron chi connectivity index (χ4n) is 4.21. The number of carbonyl (C=O) groups is 1. The first-order valence-corrected chi connectivity index (χ1v) is 8.73. The van der Waals surface area contributed by atoms with Gasteiger partial charge in [-0.3, -0.25) is 9.48 Å². The van der Waals surface area contributed by atoms with Gasteiger partial charge >= 0.3 is 0 Å². The second-order valence-electron chi connectivity index (χ2n) is 6.85. The maximum Gasteiger partial charge on any atom is 0.229 e. The summed E-state index contributed by atoms with van der Waals surface area (Å²) < 4.78 is 1.68. The van der Waals surface area contributed by atoms with Crippen molar-refractivity contribution in [1.29, 1.82) is 0 Å². The summed E-state index contributed by atoms with van der Waals surface area (Å²) in [6, 6.07) is -0.0186. The minimum Gasteiger partial charge on any atom is -0.369 e. The van der Waals surface area contributed by atoms with Crippen molar-refractivity contribution < 1.29 is 4.79 Å². The van der Waals surface area contributed by atoms with Gasteiger partial charge in [0.1, 0.15) is 5.02 Å². The fourth-order valence-corrected chi connectivity index (χ4v) is 4.36. The molecule has 2 saturated carbocycles. The maximum absolute atomic E-state index is 11.9. The van der Waals surface area contributed by atoms with Crippen LogP contribution in [0.5, 0.6) is 0 Å². The number of fused-ring (bicyclic) bond motifs is 2. The third kappa shape index (κ3) is 3.02. The lowest BCUT2D eigenvalue weighted by Gasteiger charge is -2.30. The Labute approximate surface area is 150 Å². The van der Waals surface area contributed by atoms with Gasteiger partial charge in [-0.15, -0.1) is 0 Å². The number of nitrogens with two attached hydrogens (primary N) is 1. The average Bonchev–Trinajstić information content (AvgIpc) is 3.26. The third-order valence-corrected chi connectivity index (χ3v) is 5.53. The van der Waals surface area contributed by atoms with Crippen LogP contribution in [0.25, 0.3) is 0 Å². The minimum absolute atomic E-state index is 0.0186. The number of nitrogens with one attached hydrogen (secondary N) is 2. The van der Waals surface area contributed by atoms with E-state index in [0.717, 1.165) is 24.9 Å². The van der Waals surface area contributed by atoms with Crippen LogP contribution in [0.15, 0.2) is 18.6 Å². The SMILES string of the molecule is Cn1cc(Nc2ncc(Cl)c(N[C@@H]3[C@H]4CC[C@@H](C4)[C@@H]3C(N)=O)n2)cn1. The Morgan fingerprint density at radius 2 is 2.16 bits per heavy atom. The molecule has 4 atom stereocenters. The molecular weight excluding hydrogens is 342 g/mol. The lowest BCUT2D eigenvalue weighted by Crippen LogP contribution is -2.42. The molecule has 0 spiro atoms. The van der Waals surface area contributed by atoms with E-state index in [-0.39, 0.29) is 17.9 Å². The highest BCUT2D eigenvalue weighted by Gasteiger charge is 2.50. The number of hydrogen-bond donors (Lipinski definition) is 3. The zero-order chi connectivity index (χ0) is 17.6. The standard InChI is InChI=1S/C16H20ClN7O/c1-24-7-10(5-20-24)21-16-19-6-11(17)15(23-16)22-13-9-3-2-8(4-9)12(13)14(18)25/h5-9,12-13H,2-4H2,1H3,(H2,18,25)(H2,19,21,22,23)/t8-,9-,12-,13+/m0/s1. The van der Waals surface area contributed by atoms with E-state index in [0.29, 0.717) is 28.6 Å². The van der Waals surface area contributed by atoms with E-state index >= 15 is 0 Å². The van der Waals surface area contributed by atoms with Crippen LogP contribution in [0, 0.1) is 17.8 Å². The van der Waals surface area contributed by atoms with Gasteiger partial charge in [0, 0.05) is 19.3 Å². The number of hydrogen-bond acceptors (Lipinski definition) is 6. The van der Waals surface area contributed by atoms with E-state index in [1.54, 1.807) is 17.1 Å². The molecule has 132 valence electrons. The molecule has 1 amide bonds. The summed E-state index contributed by atoms with van der Waals surface area (Å²) >= 11 is 6.26. The van der Waals surface area contributed by atoms with E-state index in [1.165, 1.54) is 0 Å². The topological polar surface area (TPSA) is 111 Å². The molecular formula is C16H20ClN7O. The zero-order valence-corrected chi connectivity index (χ0v) is 14.6. The van der Waals surface area contributed by atoms with E-state index in [9.17, 15) is 4.79 Å². The number of anilines is 3. The van der Waals surface area contributed by atoms with Gasteiger partial charge in [-0.05, 0) is 31.1 Å². The normalized spacial score (nSPS) is 27.4. The Hall–Kier alpha value is -2.35. The first-order valence-electron chi connectivity index (χ1n) is 8.35. The highest BCUT2D eigenvalue weighted by Crippen LogP contribution is 2.49. The first kappa shape index (κ1) is 16.1. The van der Waals surface area contributed by atoms with Crippen molar-refractivity contribution in [2.75, 3.05) is 10.6 Å². The van der Waals surface area contributed by atoms with Crippen LogP contribution in [0.3, 0.4) is 0 Å². The summed E-state index contributed by atoms with van der Waals surface area (Å²) in [5, 5.41) is 11.0. The summed E-state index contributed by atoms with van der Waals surface area (Å²) in [6.07, 6.45) is 8.27. The van der Waals surface area contributed by atoms with Gasteiger partial charge < -0.3 is 16.4 Å². The van der Waals surface area contributed by atoms with Crippen LogP contribution in [0.4, 0.5) is 17.5 Å². The Morgan fingerprint density at radius 3 is 2.88 bits per heavy atom. The second-order valence-corrected chi connectivity index (χ2v) is 7.26. The summed E-state index contributed by atoms with van der Waals surface area (Å²) in [6.45, 7) is 0. The number of carbonyl (C=O) groups excluding carboxylic acids is 1. The van der Waals surface area contributed by atoms with E-state index in [1.807, 2.05) is 13.2 Å². The molecule has 2 aromatic rings. The summed E-state index contributed by atoms with van der Waals surface area (Å²) in [4.78, 5) is 20.5. The van der Waals surface area contributed by atoms with Crippen LogP contribution in [-0.4, -0.2) is 31.7 Å². The van der Waals surface area contributed by atoms with Crippen molar-refractivity contribution >= 4 is 35.0 Å². The van der Waals surface area contributed by atoms with Crippen molar-refractivity contribution in [2.24, 2.45) is 30.5 Å². The van der Waals surface area contributed by atoms with E-state index in [2.05, 4.69) is 25.7 Å². The van der Waals surface area contributed by atoms with Gasteiger partial charge in [0.05, 0.1) is 24.0 Å². The Balaban J connectivity index is 1.55. The second kappa shape index (κ2) is 6.18. The number of rotatable bonds is 5. The molecule has 9 heteroatoms. The number of amides is 1. The van der Waals surface area contributed by atoms with Crippen LogP contribution in [-0.2, 0) is 11.8 Å². The Kier molecular flexibility index (Phi) is 3.99. The lowest BCUT2D eigenvalue weighted by atomic mass is 9.84. The Bertz CT molecular complexity index is 808. The first-order chi connectivity index (χ1) is 12.0. The monoisotopic (exact) mass is 361 g/mol. The largest absolute Gasteiger partial charge is 0.369 e. The van der Waals surface area contributed by atoms with Gasteiger partial charge in [0.15, 0.2) is 5.82 Å². The number of halogens is 1. The molecule has 0 aromatic carbocycles. The Morgan fingerprint density at radius 1 is 1.36 bits per heavy atom. The molecule has 4 N–H and O–H groups in total. The van der Waals surface area contributed by atoms with E-state index in [4.69, 9.17) is 17.3 Å². The van der Waals surface area contributed by atoms with Gasteiger partial charge in [0.2, 0.25) is 11.9 Å². The summed E-state index contributed by atoms with van der Waals surface area (Å²) in [7, 11) is 1.83. The molecule has 2 fully saturated rings. The molecule has 25 heavy (non-hydrogen) atoms. The predicted molar refractivity (Wildman–Crippen MR) is 94.5 cm³/mol. The van der Waals surface area contributed by atoms with Gasteiger partial charge in [-0.2, -0.15) is 10.1 Å². The number of aromatic nitrogens is 4. The maximum atomic E-state index is 11.9. The lowest BCUT2D eigenvalue weighted by molar-refractivity contribution is -0.123. The van der Waals surface area contributed by atoms with E-state index < -0.39 is 0 Å². The molecule has 4 rings (SSSR count). The van der Waals surface area contributed by atoms with Crippen molar-refractivity contribution in [3.05, 3.63) is 23.6 Å². The molecule has 2 heterocycles. The molecule has 0 unspecified atom stereocenters. The summed E-state index contributed by atoms with van der Waals surface area (Å²) in [5.74, 6) is 1.32. The minimum atomic E-state index is -0.247. The smallest absolute Gasteiger partial charge is 0.229 e. The molecule has 0 aliphatic heterocycles. The molecule has 2 aliphatic rings.